The summed E-state index contributed by atoms with van der Waals surface area (Å²) < 4.78 is 7.33. The number of aromatic nitrogens is 3. The van der Waals surface area contributed by atoms with Gasteiger partial charge in [-0.25, -0.2) is 0 Å². The zero-order valence-corrected chi connectivity index (χ0v) is 21.1. The molecule has 2 amide bonds. The van der Waals surface area contributed by atoms with Gasteiger partial charge in [-0.1, -0.05) is 23.7 Å². The molecule has 0 fully saturated rings. The molecule has 13 heteroatoms. The number of fused-ring (bicyclic) bond motifs is 3. The van der Waals surface area contributed by atoms with Crippen LogP contribution in [0.1, 0.15) is 35.2 Å². The summed E-state index contributed by atoms with van der Waals surface area (Å²) in [5.41, 5.74) is 3.00. The Morgan fingerprint density at radius 3 is 2.57 bits per heavy atom. The average Bonchev–Trinajstić information content (AvgIpc) is 3.20. The first-order chi connectivity index (χ1) is 17.8. The Balaban J connectivity index is 1.66. The molecule has 2 heterocycles. The highest BCUT2D eigenvalue weighted by Gasteiger charge is 2.30. The van der Waals surface area contributed by atoms with E-state index in [1.807, 2.05) is 41.8 Å². The number of benzene rings is 2. The number of nitrogens with zero attached hydrogens (tertiary/aromatic N) is 4. The molecule has 0 aliphatic carbocycles. The van der Waals surface area contributed by atoms with Crippen LogP contribution < -0.4 is 15.4 Å². The number of rotatable bonds is 9. The van der Waals surface area contributed by atoms with E-state index in [2.05, 4.69) is 20.8 Å². The zero-order chi connectivity index (χ0) is 26.5. The topological polar surface area (TPSA) is 151 Å². The van der Waals surface area contributed by atoms with Crippen LogP contribution in [0.5, 0.6) is 5.75 Å². The van der Waals surface area contributed by atoms with Gasteiger partial charge < -0.3 is 25.4 Å². The average molecular weight is 525 g/mol. The van der Waals surface area contributed by atoms with Crippen molar-refractivity contribution in [2.45, 2.75) is 25.7 Å². The maximum atomic E-state index is 12.9. The van der Waals surface area contributed by atoms with Crippen LogP contribution in [-0.4, -0.2) is 69.7 Å². The van der Waals surface area contributed by atoms with Crippen LogP contribution in [-0.2, 0) is 9.59 Å². The minimum absolute atomic E-state index is 0.00962. The molecule has 0 radical (unpaired) electrons. The van der Waals surface area contributed by atoms with Gasteiger partial charge in [0.25, 0.3) is 0 Å². The van der Waals surface area contributed by atoms with Crippen LogP contribution in [0.2, 0.25) is 11.3 Å². The summed E-state index contributed by atoms with van der Waals surface area (Å²) in [6.45, 7) is 1.64. The number of hydrogen-bond acceptors (Lipinski definition) is 8. The second-order valence-corrected chi connectivity index (χ2v) is 8.86. The van der Waals surface area contributed by atoms with Gasteiger partial charge in [-0.15, -0.1) is 10.2 Å². The van der Waals surface area contributed by atoms with Crippen molar-refractivity contribution in [3.05, 3.63) is 70.3 Å². The van der Waals surface area contributed by atoms with Crippen molar-refractivity contribution in [3.8, 4) is 11.4 Å². The number of nitrogens with one attached hydrogen (secondary N) is 2. The molecule has 1 atom stereocenters. The summed E-state index contributed by atoms with van der Waals surface area (Å²) in [4.78, 5) is 29.8. The molecule has 4 N–H and O–H groups in total. The van der Waals surface area contributed by atoms with Gasteiger partial charge in [-0.3, -0.25) is 19.1 Å². The molecule has 0 saturated carbocycles. The predicted molar refractivity (Wildman–Crippen MR) is 138 cm³/mol. The second kappa shape index (κ2) is 11.5. The van der Waals surface area contributed by atoms with Gasteiger partial charge in [-0.05, 0) is 43.6 Å². The summed E-state index contributed by atoms with van der Waals surface area (Å²) in [7, 11) is 0.0742. The van der Waals surface area contributed by atoms with E-state index in [0.717, 1.165) is 16.8 Å². The van der Waals surface area contributed by atoms with Crippen LogP contribution in [0, 0.1) is 6.92 Å². The standard InChI is InChI=1S/C24H26BClN6O5/c1-14-30-31-24-19(12-21(33)28-13-22(34)27-10-9-25(35)36)29-23(15-3-5-16(26)6-4-15)18-11-17(37-2)7-8-20(18)32(14)24/h3-8,11,19,35-36H,9-10,12-13H2,1-2H3,(H,27,34)(H,28,33). The lowest BCUT2D eigenvalue weighted by molar-refractivity contribution is -0.126. The van der Waals surface area contributed by atoms with Gasteiger partial charge in [0, 0.05) is 22.7 Å². The van der Waals surface area contributed by atoms with E-state index in [1.165, 1.54) is 0 Å². The Morgan fingerprint density at radius 1 is 1.11 bits per heavy atom. The highest BCUT2D eigenvalue weighted by Crippen LogP contribution is 2.34. The van der Waals surface area contributed by atoms with Gasteiger partial charge >= 0.3 is 7.12 Å². The van der Waals surface area contributed by atoms with Crippen molar-refractivity contribution in [1.29, 1.82) is 0 Å². The van der Waals surface area contributed by atoms with Crippen molar-refractivity contribution in [2.24, 2.45) is 4.99 Å². The first kappa shape index (κ1) is 26.3. The fourth-order valence-corrected chi connectivity index (χ4v) is 4.13. The van der Waals surface area contributed by atoms with Gasteiger partial charge in [0.15, 0.2) is 5.82 Å². The predicted octanol–water partition coefficient (Wildman–Crippen LogP) is 1.23. The van der Waals surface area contributed by atoms with E-state index in [1.54, 1.807) is 19.2 Å². The first-order valence-corrected chi connectivity index (χ1v) is 12.0. The molecule has 2 aromatic carbocycles. The number of amides is 2. The zero-order valence-electron chi connectivity index (χ0n) is 20.3. The molecule has 0 spiro atoms. The molecular formula is C24H26BClN6O5. The molecule has 37 heavy (non-hydrogen) atoms. The van der Waals surface area contributed by atoms with E-state index in [-0.39, 0.29) is 25.8 Å². The summed E-state index contributed by atoms with van der Waals surface area (Å²) in [6.07, 6.45) is -0.0900. The van der Waals surface area contributed by atoms with Gasteiger partial charge in [-0.2, -0.15) is 0 Å². The third kappa shape index (κ3) is 6.16. The van der Waals surface area contributed by atoms with Crippen molar-refractivity contribution in [2.75, 3.05) is 20.2 Å². The van der Waals surface area contributed by atoms with Crippen molar-refractivity contribution in [1.82, 2.24) is 25.4 Å². The SMILES string of the molecule is COc1ccc2c(c1)C(c1ccc(Cl)cc1)=NC(CC(=O)NCC(=O)NCCB(O)O)c1nnc(C)n1-2. The maximum Gasteiger partial charge on any atom is 0.453 e. The van der Waals surface area contributed by atoms with E-state index in [0.29, 0.717) is 28.1 Å². The van der Waals surface area contributed by atoms with E-state index < -0.39 is 25.0 Å². The molecule has 1 unspecified atom stereocenters. The van der Waals surface area contributed by atoms with Crippen LogP contribution >= 0.6 is 11.6 Å². The summed E-state index contributed by atoms with van der Waals surface area (Å²) in [5, 5.41) is 32.0. The number of aliphatic imine (C=N–C) groups is 1. The molecule has 1 aliphatic rings. The van der Waals surface area contributed by atoms with Crippen LogP contribution in [0.4, 0.5) is 0 Å². The van der Waals surface area contributed by atoms with E-state index >= 15 is 0 Å². The van der Waals surface area contributed by atoms with Gasteiger partial charge in [0.1, 0.15) is 17.6 Å². The number of methoxy groups -OCH3 is 1. The third-order valence-electron chi connectivity index (χ3n) is 5.80. The highest BCUT2D eigenvalue weighted by molar-refractivity contribution is 6.41. The molecule has 0 bridgehead atoms. The Morgan fingerprint density at radius 2 is 1.86 bits per heavy atom. The van der Waals surface area contributed by atoms with Crippen LogP contribution in [0.15, 0.2) is 47.5 Å². The molecular weight excluding hydrogens is 499 g/mol. The molecule has 1 aliphatic heterocycles. The monoisotopic (exact) mass is 524 g/mol. The maximum absolute atomic E-state index is 12.9. The van der Waals surface area contributed by atoms with E-state index in [4.69, 9.17) is 31.4 Å². The van der Waals surface area contributed by atoms with Crippen molar-refractivity contribution in [3.63, 3.8) is 0 Å². The second-order valence-electron chi connectivity index (χ2n) is 8.42. The summed E-state index contributed by atoms with van der Waals surface area (Å²) in [6, 6.07) is 12.2. The number of hydrogen-bond donors (Lipinski definition) is 4. The Bertz CT molecular complexity index is 1330. The lowest BCUT2D eigenvalue weighted by atomic mass is 9.87. The van der Waals surface area contributed by atoms with Gasteiger partial charge in [0.05, 0.1) is 31.5 Å². The number of carbonyl (C=O) groups is 2. The Kier molecular flexibility index (Phi) is 8.22. The number of halogens is 1. The molecule has 192 valence electrons. The number of aryl methyl sites for hydroxylation is 1. The minimum Gasteiger partial charge on any atom is -0.497 e. The van der Waals surface area contributed by atoms with Crippen LogP contribution in [0.25, 0.3) is 5.69 Å². The Hall–Kier alpha value is -3.74. The quantitative estimate of drug-likeness (QED) is 0.307. The number of ether oxygens (including phenoxy) is 1. The van der Waals surface area contributed by atoms with Gasteiger partial charge in [0.2, 0.25) is 11.8 Å². The number of carbonyl (C=O) groups excluding carboxylic acids is 2. The van der Waals surface area contributed by atoms with E-state index in [9.17, 15) is 9.59 Å². The lowest BCUT2D eigenvalue weighted by Crippen LogP contribution is -2.38. The molecule has 3 aromatic rings. The largest absolute Gasteiger partial charge is 0.497 e. The summed E-state index contributed by atoms with van der Waals surface area (Å²) >= 11 is 6.12. The Labute approximate surface area is 218 Å². The van der Waals surface area contributed by atoms with Crippen molar-refractivity contribution >= 4 is 36.2 Å². The van der Waals surface area contributed by atoms with Crippen molar-refractivity contribution < 1.29 is 24.4 Å². The fourth-order valence-electron chi connectivity index (χ4n) is 4.01. The molecule has 1 aromatic heterocycles. The highest BCUT2D eigenvalue weighted by atomic mass is 35.5. The smallest absolute Gasteiger partial charge is 0.453 e. The molecule has 4 rings (SSSR count). The normalized spacial score (nSPS) is 14.1. The first-order valence-electron chi connectivity index (χ1n) is 11.6. The fraction of sp³-hybridized carbons (Fsp3) is 0.292. The molecule has 11 nitrogen and oxygen atoms in total. The third-order valence-corrected chi connectivity index (χ3v) is 6.05. The minimum atomic E-state index is -1.51. The lowest BCUT2D eigenvalue weighted by Gasteiger charge is -2.14. The van der Waals surface area contributed by atoms with Crippen LogP contribution in [0.3, 0.4) is 0 Å². The summed E-state index contributed by atoms with van der Waals surface area (Å²) in [5.74, 6) is 0.911. The molecule has 0 saturated heterocycles.